The molecule has 0 bridgehead atoms. The van der Waals surface area contributed by atoms with Gasteiger partial charge in [-0.3, -0.25) is 0 Å². The van der Waals surface area contributed by atoms with Crippen molar-refractivity contribution in [2.45, 2.75) is 36.4 Å². The van der Waals surface area contributed by atoms with Crippen LogP contribution in [0.15, 0.2) is 0 Å². The lowest BCUT2D eigenvalue weighted by Gasteiger charge is -2.38. The Morgan fingerprint density at radius 2 is 1.93 bits per heavy atom. The van der Waals surface area contributed by atoms with Crippen molar-refractivity contribution in [3.05, 3.63) is 0 Å². The van der Waals surface area contributed by atoms with Crippen LogP contribution in [0.5, 0.6) is 0 Å². The average molecular weight is 236 g/mol. The Balaban J connectivity index is 2.17. The molecule has 0 aromatic rings. The zero-order valence-corrected chi connectivity index (χ0v) is 9.50. The normalized spacial score (nSPS) is 35.9. The number of rotatable bonds is 1. The topological polar surface area (TPSA) is 72.8 Å². The third kappa shape index (κ3) is 2.18. The molecule has 6 heteroatoms. The van der Waals surface area contributed by atoms with Crippen molar-refractivity contribution in [3.63, 3.8) is 0 Å². The molecule has 15 heavy (non-hydrogen) atoms. The van der Waals surface area contributed by atoms with Gasteiger partial charge in [0.2, 0.25) is 0 Å². The first kappa shape index (κ1) is 11.3. The van der Waals surface area contributed by atoms with Crippen LogP contribution in [0.2, 0.25) is 0 Å². The van der Waals surface area contributed by atoms with Gasteiger partial charge in [0, 0.05) is 19.1 Å². The van der Waals surface area contributed by atoms with Crippen molar-refractivity contribution < 1.29 is 23.0 Å². The van der Waals surface area contributed by atoms with Crippen LogP contribution in [0.25, 0.3) is 0 Å². The number of hydrogen-bond donors (Lipinski definition) is 1. The molecule has 1 aliphatic carbocycles. The minimum Gasteiger partial charge on any atom is -0.392 e. The lowest BCUT2D eigenvalue weighted by Crippen LogP contribution is -2.48. The van der Waals surface area contributed by atoms with Gasteiger partial charge in [0.15, 0.2) is 15.6 Å². The Morgan fingerprint density at radius 3 is 2.47 bits per heavy atom. The summed E-state index contributed by atoms with van der Waals surface area (Å²) in [6.07, 6.45) is 1.58. The molecule has 1 N–H and O–H groups in total. The van der Waals surface area contributed by atoms with Gasteiger partial charge < -0.3 is 14.6 Å². The molecule has 0 radical (unpaired) electrons. The maximum atomic E-state index is 11.5. The van der Waals surface area contributed by atoms with E-state index in [0.717, 1.165) is 6.26 Å². The molecular formula is C9H16O5S. The molecule has 2 unspecified atom stereocenters. The number of sulfone groups is 1. The van der Waals surface area contributed by atoms with E-state index in [1.165, 1.54) is 0 Å². The van der Waals surface area contributed by atoms with Crippen molar-refractivity contribution in [1.82, 2.24) is 0 Å². The predicted octanol–water partition coefficient (Wildman–Crippen LogP) is -0.313. The van der Waals surface area contributed by atoms with Crippen molar-refractivity contribution in [1.29, 1.82) is 0 Å². The first-order valence-corrected chi connectivity index (χ1v) is 7.03. The number of aliphatic hydroxyl groups excluding tert-OH is 1. The van der Waals surface area contributed by atoms with Gasteiger partial charge in [0.05, 0.1) is 24.6 Å². The van der Waals surface area contributed by atoms with Crippen LogP contribution in [0.3, 0.4) is 0 Å². The van der Waals surface area contributed by atoms with Crippen LogP contribution in [0.1, 0.15) is 19.3 Å². The first-order valence-electron chi connectivity index (χ1n) is 5.08. The van der Waals surface area contributed by atoms with Crippen LogP contribution in [0, 0.1) is 0 Å². The minimum absolute atomic E-state index is 0.243. The molecule has 0 aromatic carbocycles. The summed E-state index contributed by atoms with van der Waals surface area (Å²) in [6.45, 7) is 1.01. The van der Waals surface area contributed by atoms with Crippen molar-refractivity contribution >= 4 is 9.84 Å². The van der Waals surface area contributed by atoms with Gasteiger partial charge in [-0.15, -0.1) is 0 Å². The molecule has 2 rings (SSSR count). The first-order chi connectivity index (χ1) is 6.93. The largest absolute Gasteiger partial charge is 0.392 e. The van der Waals surface area contributed by atoms with E-state index in [-0.39, 0.29) is 6.42 Å². The highest BCUT2D eigenvalue weighted by atomic mass is 32.2. The van der Waals surface area contributed by atoms with Crippen molar-refractivity contribution in [3.8, 4) is 0 Å². The highest BCUT2D eigenvalue weighted by Crippen LogP contribution is 2.38. The summed E-state index contributed by atoms with van der Waals surface area (Å²) in [7, 11) is -3.25. The van der Waals surface area contributed by atoms with Crippen LogP contribution in [-0.4, -0.2) is 50.1 Å². The maximum Gasteiger partial charge on any atom is 0.169 e. The van der Waals surface area contributed by atoms with E-state index in [9.17, 15) is 13.5 Å². The summed E-state index contributed by atoms with van der Waals surface area (Å²) in [4.78, 5) is 0. The lowest BCUT2D eigenvalue weighted by atomic mass is 9.91. The predicted molar refractivity (Wildman–Crippen MR) is 53.1 cm³/mol. The number of ether oxygens (including phenoxy) is 2. The van der Waals surface area contributed by atoms with Gasteiger partial charge in [0.25, 0.3) is 0 Å². The Kier molecular flexibility index (Phi) is 2.79. The van der Waals surface area contributed by atoms with Gasteiger partial charge in [-0.1, -0.05) is 0 Å². The Morgan fingerprint density at radius 1 is 1.33 bits per heavy atom. The monoisotopic (exact) mass is 236 g/mol. The molecule has 2 fully saturated rings. The molecule has 0 amide bonds. The van der Waals surface area contributed by atoms with E-state index in [0.29, 0.717) is 26.1 Å². The average Bonchev–Trinajstić information content (AvgIpc) is 2.57. The summed E-state index contributed by atoms with van der Waals surface area (Å²) in [6, 6.07) is 0. The fraction of sp³-hybridized carbons (Fsp3) is 1.00. The molecule has 1 spiro atoms. The SMILES string of the molecule is CS(=O)(=O)C1CC2(CCC1O)OCCO2. The van der Waals surface area contributed by atoms with E-state index >= 15 is 0 Å². The zero-order valence-electron chi connectivity index (χ0n) is 8.68. The Labute approximate surface area is 89.3 Å². The lowest BCUT2D eigenvalue weighted by molar-refractivity contribution is -0.186. The molecule has 2 aliphatic rings. The second-order valence-electron chi connectivity index (χ2n) is 4.29. The summed E-state index contributed by atoms with van der Waals surface area (Å²) >= 11 is 0. The van der Waals surface area contributed by atoms with Crippen LogP contribution in [-0.2, 0) is 19.3 Å². The molecule has 1 aliphatic heterocycles. The maximum absolute atomic E-state index is 11.5. The summed E-state index contributed by atoms with van der Waals surface area (Å²) in [5.74, 6) is -0.757. The molecular weight excluding hydrogens is 220 g/mol. The summed E-state index contributed by atoms with van der Waals surface area (Å²) in [5.41, 5.74) is 0. The van der Waals surface area contributed by atoms with E-state index in [4.69, 9.17) is 9.47 Å². The quantitative estimate of drug-likeness (QED) is 0.676. The van der Waals surface area contributed by atoms with E-state index in [1.807, 2.05) is 0 Å². The van der Waals surface area contributed by atoms with Gasteiger partial charge in [0.1, 0.15) is 0 Å². The van der Waals surface area contributed by atoms with Gasteiger partial charge >= 0.3 is 0 Å². The standard InChI is InChI=1S/C9H16O5S/c1-15(11,12)8-6-9(3-2-7(8)10)13-4-5-14-9/h7-8,10H,2-6H2,1H3. The number of hydrogen-bond acceptors (Lipinski definition) is 5. The van der Waals surface area contributed by atoms with Crippen LogP contribution < -0.4 is 0 Å². The Bertz CT molecular complexity index is 330. The van der Waals surface area contributed by atoms with Gasteiger partial charge in [-0.05, 0) is 6.42 Å². The molecule has 1 saturated carbocycles. The van der Waals surface area contributed by atoms with Gasteiger partial charge in [-0.25, -0.2) is 8.42 Å². The molecule has 5 nitrogen and oxygen atoms in total. The third-order valence-electron chi connectivity index (χ3n) is 3.13. The van der Waals surface area contributed by atoms with E-state index < -0.39 is 27.0 Å². The highest BCUT2D eigenvalue weighted by molar-refractivity contribution is 7.91. The fourth-order valence-electron chi connectivity index (χ4n) is 2.29. The molecule has 1 saturated heterocycles. The Hall–Kier alpha value is -0.170. The second-order valence-corrected chi connectivity index (χ2v) is 6.55. The van der Waals surface area contributed by atoms with Crippen LogP contribution >= 0.6 is 0 Å². The number of aliphatic hydroxyl groups is 1. The third-order valence-corrected chi connectivity index (χ3v) is 4.71. The van der Waals surface area contributed by atoms with E-state index in [1.54, 1.807) is 0 Å². The fourth-order valence-corrected chi connectivity index (χ4v) is 3.56. The molecule has 88 valence electrons. The highest BCUT2D eigenvalue weighted by Gasteiger charge is 2.47. The van der Waals surface area contributed by atoms with Crippen molar-refractivity contribution in [2.24, 2.45) is 0 Å². The zero-order chi connectivity index (χ0) is 11.1. The summed E-state index contributed by atoms with van der Waals surface area (Å²) in [5, 5.41) is 8.90. The smallest absolute Gasteiger partial charge is 0.169 e. The van der Waals surface area contributed by atoms with Crippen molar-refractivity contribution in [2.75, 3.05) is 19.5 Å². The second kappa shape index (κ2) is 3.69. The van der Waals surface area contributed by atoms with E-state index in [2.05, 4.69) is 0 Å². The molecule has 0 aromatic heterocycles. The molecule has 1 heterocycles. The molecule has 2 atom stereocenters. The van der Waals surface area contributed by atoms with Gasteiger partial charge in [-0.2, -0.15) is 0 Å². The minimum atomic E-state index is -3.25. The van der Waals surface area contributed by atoms with Crippen LogP contribution in [0.4, 0.5) is 0 Å². The summed E-state index contributed by atoms with van der Waals surface area (Å²) < 4.78 is 33.8.